The third-order valence-electron chi connectivity index (χ3n) is 4.88. The Balaban J connectivity index is 1.75. The molecule has 8 heteroatoms. The monoisotopic (exact) mass is 435 g/mol. The molecular weight excluding hydrogens is 410 g/mol. The van der Waals surface area contributed by atoms with Crippen molar-refractivity contribution in [2.45, 2.75) is 39.8 Å². The van der Waals surface area contributed by atoms with Crippen LogP contribution in [-0.4, -0.2) is 22.1 Å². The van der Waals surface area contributed by atoms with E-state index in [-0.39, 0.29) is 6.04 Å². The van der Waals surface area contributed by atoms with Crippen molar-refractivity contribution in [1.82, 2.24) is 20.8 Å². The van der Waals surface area contributed by atoms with Crippen LogP contribution in [0.1, 0.15) is 58.9 Å². The van der Waals surface area contributed by atoms with Crippen molar-refractivity contribution in [3.05, 3.63) is 70.0 Å². The Morgan fingerprint density at radius 1 is 1.29 bits per heavy atom. The molecule has 0 fully saturated rings. The van der Waals surface area contributed by atoms with E-state index in [0.717, 1.165) is 35.3 Å². The lowest BCUT2D eigenvalue weighted by Gasteiger charge is -2.29. The Morgan fingerprint density at radius 2 is 2.16 bits per heavy atom. The number of hydrazine groups is 1. The maximum absolute atomic E-state index is 11.0. The third-order valence-corrected chi connectivity index (χ3v) is 5.69. The smallest absolute Gasteiger partial charge is 0.211 e. The average Bonchev–Trinajstić information content (AvgIpc) is 3.22. The Labute approximate surface area is 185 Å². The second-order valence-electron chi connectivity index (χ2n) is 7.88. The molecule has 1 aliphatic rings. The number of aromatic nitrogens is 2. The first-order valence-corrected chi connectivity index (χ1v) is 11.1. The van der Waals surface area contributed by atoms with Crippen LogP contribution in [0.5, 0.6) is 5.75 Å². The predicted octanol–water partition coefficient (Wildman–Crippen LogP) is 4.38. The van der Waals surface area contributed by atoms with E-state index < -0.39 is 0 Å². The van der Waals surface area contributed by atoms with Crippen LogP contribution < -0.4 is 15.6 Å². The minimum Gasteiger partial charge on any atom is -0.487 e. The summed E-state index contributed by atoms with van der Waals surface area (Å²) in [6, 6.07) is 10.1. The summed E-state index contributed by atoms with van der Waals surface area (Å²) in [6.07, 6.45) is 5.01. The van der Waals surface area contributed by atoms with Crippen molar-refractivity contribution in [3.8, 4) is 5.75 Å². The second-order valence-corrected chi connectivity index (χ2v) is 8.92. The molecule has 1 atom stereocenters. The van der Waals surface area contributed by atoms with Crippen molar-refractivity contribution in [1.29, 1.82) is 0 Å². The topological polar surface area (TPSA) is 88.5 Å². The number of carbonyl (C=O) groups excluding carboxylic acids is 1. The lowest BCUT2D eigenvalue weighted by molar-refractivity contribution is 0.112. The molecule has 1 unspecified atom stereocenters. The first kappa shape index (κ1) is 21.1. The normalized spacial score (nSPS) is 16.8. The highest BCUT2D eigenvalue weighted by atomic mass is 32.1. The van der Waals surface area contributed by atoms with Crippen LogP contribution in [0.15, 0.2) is 47.7 Å². The molecular formula is C23H25N5O2S. The summed E-state index contributed by atoms with van der Waals surface area (Å²) in [5, 5.41) is 0.525. The zero-order valence-electron chi connectivity index (χ0n) is 17.8. The highest BCUT2D eigenvalue weighted by Gasteiger charge is 2.26. The van der Waals surface area contributed by atoms with Crippen molar-refractivity contribution >= 4 is 28.6 Å². The van der Waals surface area contributed by atoms with Gasteiger partial charge < -0.3 is 10.2 Å². The van der Waals surface area contributed by atoms with Gasteiger partial charge in [-0.2, -0.15) is 0 Å². The second kappa shape index (κ2) is 9.36. The summed E-state index contributed by atoms with van der Waals surface area (Å²) >= 11 is 1.25. The zero-order valence-corrected chi connectivity index (χ0v) is 18.6. The summed E-state index contributed by atoms with van der Waals surface area (Å²) in [4.78, 5) is 24.8. The number of aldehydes is 1. The molecule has 160 valence electrons. The average molecular weight is 436 g/mol. The number of thiazole rings is 1. The fourth-order valence-corrected chi connectivity index (χ4v) is 4.16. The largest absolute Gasteiger partial charge is 0.487 e. The number of amidine groups is 1. The van der Waals surface area contributed by atoms with Crippen molar-refractivity contribution in [2.24, 2.45) is 10.9 Å². The highest BCUT2D eigenvalue weighted by molar-refractivity contribution is 7.16. The van der Waals surface area contributed by atoms with Gasteiger partial charge >= 0.3 is 0 Å². The van der Waals surface area contributed by atoms with Crippen molar-refractivity contribution in [2.75, 3.05) is 0 Å². The van der Waals surface area contributed by atoms with E-state index in [0.29, 0.717) is 28.4 Å². The van der Waals surface area contributed by atoms with Crippen LogP contribution in [0.3, 0.4) is 0 Å². The summed E-state index contributed by atoms with van der Waals surface area (Å²) < 4.78 is 6.26. The van der Waals surface area contributed by atoms with Gasteiger partial charge in [0.2, 0.25) is 5.13 Å². The number of nitrogens with zero attached hydrogens (tertiary/aromatic N) is 3. The number of fused-ring (bicyclic) bond motifs is 1. The van der Waals surface area contributed by atoms with Gasteiger partial charge in [-0.15, -0.1) is 0 Å². The number of benzene rings is 1. The number of ether oxygens (including phenoxy) is 1. The first-order chi connectivity index (χ1) is 15.0. The van der Waals surface area contributed by atoms with Gasteiger partial charge in [0.15, 0.2) is 12.1 Å². The van der Waals surface area contributed by atoms with Crippen LogP contribution in [0.25, 0.3) is 0 Å². The predicted molar refractivity (Wildman–Crippen MR) is 122 cm³/mol. The standard InChI is InChI=1S/C23H25N5O2S/c1-14(2)8-16-9-19-21(20(10-16)30-13-17-6-4-5-7-24-17)15(3)27-28-22(19)26-23-25-11-18(12-29)31-23/h4-7,9-12,14-15,27H,8,13H2,1-3H3,(H,25,26,28). The summed E-state index contributed by atoms with van der Waals surface area (Å²) in [7, 11) is 0. The number of nitrogens with one attached hydrogen (secondary N) is 2. The number of aliphatic imine (C=N–C) groups is 1. The molecule has 0 saturated heterocycles. The highest BCUT2D eigenvalue weighted by Crippen LogP contribution is 2.34. The van der Waals surface area contributed by atoms with Gasteiger partial charge in [0.25, 0.3) is 0 Å². The molecule has 0 radical (unpaired) electrons. The Kier molecular flexibility index (Phi) is 6.39. The van der Waals surface area contributed by atoms with Crippen LogP contribution in [0.2, 0.25) is 0 Å². The lowest BCUT2D eigenvalue weighted by Crippen LogP contribution is -2.45. The fourth-order valence-electron chi connectivity index (χ4n) is 3.55. The van der Waals surface area contributed by atoms with E-state index in [1.165, 1.54) is 23.1 Å². The first-order valence-electron chi connectivity index (χ1n) is 10.2. The van der Waals surface area contributed by atoms with Gasteiger partial charge in [0.05, 0.1) is 22.8 Å². The van der Waals surface area contributed by atoms with Crippen LogP contribution in [0, 0.1) is 5.92 Å². The van der Waals surface area contributed by atoms with Gasteiger partial charge in [0.1, 0.15) is 12.4 Å². The molecule has 7 nitrogen and oxygen atoms in total. The fraction of sp³-hybridized carbons (Fsp3) is 0.304. The number of hydrogen-bond acceptors (Lipinski definition) is 7. The van der Waals surface area contributed by atoms with E-state index in [1.54, 1.807) is 6.20 Å². The maximum Gasteiger partial charge on any atom is 0.211 e. The van der Waals surface area contributed by atoms with Gasteiger partial charge in [-0.25, -0.2) is 15.4 Å². The molecule has 0 spiro atoms. The van der Waals surface area contributed by atoms with Crippen molar-refractivity contribution < 1.29 is 9.53 Å². The summed E-state index contributed by atoms with van der Waals surface area (Å²) in [5.41, 5.74) is 10.5. The van der Waals surface area contributed by atoms with Crippen LogP contribution in [-0.2, 0) is 13.0 Å². The summed E-state index contributed by atoms with van der Waals surface area (Å²) in [5.74, 6) is 1.98. The van der Waals surface area contributed by atoms with Gasteiger partial charge in [0, 0.05) is 17.3 Å². The van der Waals surface area contributed by atoms with Gasteiger partial charge in [-0.05, 0) is 49.1 Å². The number of hydrogen-bond donors (Lipinski definition) is 2. The molecule has 0 bridgehead atoms. The lowest BCUT2D eigenvalue weighted by atomic mass is 9.92. The van der Waals surface area contributed by atoms with E-state index in [1.807, 2.05) is 18.2 Å². The molecule has 4 rings (SSSR count). The molecule has 0 aliphatic carbocycles. The Morgan fingerprint density at radius 3 is 2.87 bits per heavy atom. The summed E-state index contributed by atoms with van der Waals surface area (Å²) in [6.45, 7) is 6.86. The molecule has 0 amide bonds. The molecule has 1 aromatic carbocycles. The molecule has 2 aromatic heterocycles. The third kappa shape index (κ3) is 4.98. The van der Waals surface area contributed by atoms with Crippen molar-refractivity contribution in [3.63, 3.8) is 0 Å². The van der Waals surface area contributed by atoms with Crippen LogP contribution in [0.4, 0.5) is 5.13 Å². The van der Waals surface area contributed by atoms with Gasteiger partial charge in [-0.1, -0.05) is 31.3 Å². The number of pyridine rings is 1. The molecule has 2 N–H and O–H groups in total. The van der Waals surface area contributed by atoms with Crippen LogP contribution >= 0.6 is 11.3 Å². The number of rotatable bonds is 7. The Hall–Kier alpha value is -3.10. The van der Waals surface area contributed by atoms with E-state index >= 15 is 0 Å². The molecule has 0 saturated carbocycles. The molecule has 3 heterocycles. The molecule has 1 aliphatic heterocycles. The minimum atomic E-state index is 0.0163. The van der Waals surface area contributed by atoms with E-state index in [9.17, 15) is 4.79 Å². The van der Waals surface area contributed by atoms with E-state index in [4.69, 9.17) is 4.74 Å². The zero-order chi connectivity index (χ0) is 21.8. The molecule has 31 heavy (non-hydrogen) atoms. The maximum atomic E-state index is 11.0. The Bertz CT molecular complexity index is 1090. The quantitative estimate of drug-likeness (QED) is 0.536. The molecule has 3 aromatic rings. The SMILES string of the molecule is CC(C)Cc1cc(OCc2ccccn2)c2c(c1)/C(=N/c1ncc(C=O)s1)NNC2C. The minimum absolute atomic E-state index is 0.0163. The van der Waals surface area contributed by atoms with Gasteiger partial charge in [-0.3, -0.25) is 9.78 Å². The number of carbonyl (C=O) groups is 1. The van der Waals surface area contributed by atoms with E-state index in [2.05, 4.69) is 58.7 Å².